The number of rotatable bonds is 8. The van der Waals surface area contributed by atoms with Crippen molar-refractivity contribution in [1.82, 2.24) is 20.2 Å². The van der Waals surface area contributed by atoms with E-state index < -0.39 is 54.1 Å². The largest absolute Gasteiger partial charge is 0.408 e. The van der Waals surface area contributed by atoms with E-state index in [4.69, 9.17) is 4.74 Å². The topological polar surface area (TPSA) is 117 Å². The Balaban J connectivity index is 1.37. The predicted octanol–water partition coefficient (Wildman–Crippen LogP) is 4.15. The van der Waals surface area contributed by atoms with E-state index in [1.165, 1.54) is 0 Å². The number of aromatic nitrogens is 2. The molecule has 222 valence electrons. The molecule has 2 aromatic heterocycles. The summed E-state index contributed by atoms with van der Waals surface area (Å²) in [6.07, 6.45) is -3.64. The van der Waals surface area contributed by atoms with Crippen LogP contribution in [0.1, 0.15) is 70.8 Å². The maximum Gasteiger partial charge on any atom is 0.408 e. The maximum absolute atomic E-state index is 14.4. The van der Waals surface area contributed by atoms with Crippen molar-refractivity contribution in [2.24, 2.45) is 5.92 Å². The summed E-state index contributed by atoms with van der Waals surface area (Å²) in [7, 11) is 0. The molecule has 3 saturated heterocycles. The third-order valence-corrected chi connectivity index (χ3v) is 9.33. The van der Waals surface area contributed by atoms with E-state index in [1.54, 1.807) is 4.90 Å². The number of aliphatic hydroxyl groups excluding tert-OH is 1. The summed E-state index contributed by atoms with van der Waals surface area (Å²) < 4.78 is 74.6. The van der Waals surface area contributed by atoms with Crippen molar-refractivity contribution in [3.63, 3.8) is 0 Å². The van der Waals surface area contributed by atoms with E-state index in [-0.39, 0.29) is 52.3 Å². The number of aliphatic hydroxyl groups is 1. The molecule has 2 bridgehead atoms. The first-order valence-electron chi connectivity index (χ1n) is 13.5. The van der Waals surface area contributed by atoms with Crippen molar-refractivity contribution < 1.29 is 41.4 Å². The number of amides is 2. The molecule has 1 aliphatic carbocycles. The minimum absolute atomic E-state index is 0.00823. The zero-order chi connectivity index (χ0) is 29.1. The third kappa shape index (κ3) is 5.50. The molecule has 4 aliphatic rings. The summed E-state index contributed by atoms with van der Waals surface area (Å²) in [5.41, 5.74) is -0.998. The summed E-state index contributed by atoms with van der Waals surface area (Å²) in [4.78, 5) is 36.8. The molecule has 15 heteroatoms. The summed E-state index contributed by atoms with van der Waals surface area (Å²) in [6, 6.07) is -1.78. The minimum Gasteiger partial charge on any atom is -0.388 e. The van der Waals surface area contributed by atoms with Crippen LogP contribution in [0, 0.1) is 5.92 Å². The second-order valence-electron chi connectivity index (χ2n) is 11.0. The molecule has 0 radical (unpaired) electrons. The van der Waals surface area contributed by atoms with Crippen LogP contribution in [0.3, 0.4) is 0 Å². The lowest BCUT2D eigenvalue weighted by Gasteiger charge is -2.23. The van der Waals surface area contributed by atoms with Crippen LogP contribution < -0.4 is 10.6 Å². The number of hydrogen-bond donors (Lipinski definition) is 3. The van der Waals surface area contributed by atoms with Gasteiger partial charge in [-0.1, -0.05) is 0 Å². The van der Waals surface area contributed by atoms with Gasteiger partial charge in [-0.05, 0) is 50.5 Å². The van der Waals surface area contributed by atoms with Gasteiger partial charge in [0.1, 0.15) is 17.6 Å². The second-order valence-corrected chi connectivity index (χ2v) is 12.0. The summed E-state index contributed by atoms with van der Waals surface area (Å²) in [5, 5.41) is 14.7. The van der Waals surface area contributed by atoms with Gasteiger partial charge < -0.3 is 25.4 Å². The number of fused-ring (bicyclic) bond motifs is 2. The van der Waals surface area contributed by atoms with E-state index in [9.17, 15) is 36.6 Å². The van der Waals surface area contributed by atoms with Crippen LogP contribution in [-0.4, -0.2) is 81.5 Å². The fourth-order valence-electron chi connectivity index (χ4n) is 6.00. The second kappa shape index (κ2) is 10.7. The smallest absolute Gasteiger partial charge is 0.388 e. The summed E-state index contributed by atoms with van der Waals surface area (Å²) >= 11 is 0.719. The number of ether oxygens (including phenoxy) is 1. The molecule has 0 spiro atoms. The number of anilines is 1. The van der Waals surface area contributed by atoms with E-state index >= 15 is 0 Å². The quantitative estimate of drug-likeness (QED) is 0.390. The molecular formula is C26H28F5N5O4S. The third-order valence-electron chi connectivity index (χ3n) is 8.24. The number of hydrogen-bond acceptors (Lipinski definition) is 8. The first kappa shape index (κ1) is 28.2. The van der Waals surface area contributed by atoms with Gasteiger partial charge in [-0.3, -0.25) is 9.59 Å². The highest BCUT2D eigenvalue weighted by Gasteiger charge is 2.49. The van der Waals surface area contributed by atoms with Gasteiger partial charge in [0.2, 0.25) is 0 Å². The van der Waals surface area contributed by atoms with Gasteiger partial charge in [0.25, 0.3) is 18.2 Å². The monoisotopic (exact) mass is 601 g/mol. The fraction of sp³-hybridized carbons (Fsp3) is 0.615. The molecule has 41 heavy (non-hydrogen) atoms. The number of halogens is 5. The Morgan fingerprint density at radius 1 is 1.10 bits per heavy atom. The first-order chi connectivity index (χ1) is 19.5. The van der Waals surface area contributed by atoms with Crippen molar-refractivity contribution >= 4 is 29.0 Å². The van der Waals surface area contributed by atoms with Gasteiger partial charge in [0.15, 0.2) is 5.01 Å². The van der Waals surface area contributed by atoms with E-state index in [1.807, 2.05) is 0 Å². The molecule has 3 N–H and O–H groups in total. The molecule has 2 amide bonds. The van der Waals surface area contributed by atoms with Crippen LogP contribution >= 0.6 is 11.3 Å². The molecule has 6 rings (SSSR count). The number of carbonyl (C=O) groups is 2. The summed E-state index contributed by atoms with van der Waals surface area (Å²) in [6.45, 7) is 0.108. The van der Waals surface area contributed by atoms with Crippen molar-refractivity contribution in [3.8, 4) is 10.4 Å². The SMILES string of the molecule is O=C(N[C@@H]1COC[C@H]1O)c1nc(C(=O)N2C3CCC2CC3)c(-c2cnc(N[C@@H](C3CC3)C(F)(F)F)cc2C(F)F)s1. The number of carbonyl (C=O) groups excluding carboxylic acids is 2. The molecule has 3 aliphatic heterocycles. The Labute approximate surface area is 235 Å². The highest BCUT2D eigenvalue weighted by Crippen LogP contribution is 2.44. The molecule has 4 fully saturated rings. The fourth-order valence-corrected chi connectivity index (χ4v) is 6.99. The number of nitrogens with one attached hydrogen (secondary N) is 2. The summed E-state index contributed by atoms with van der Waals surface area (Å²) in [5.74, 6) is -2.21. The van der Waals surface area contributed by atoms with Crippen LogP contribution in [-0.2, 0) is 4.74 Å². The number of alkyl halides is 5. The van der Waals surface area contributed by atoms with Crippen LogP contribution in [0.4, 0.5) is 27.8 Å². The zero-order valence-corrected chi connectivity index (χ0v) is 22.5. The standard InChI is InChI=1S/C26H28F5N5O4S/c27-22(28)14-7-18(34-21(11-1-2-11)26(29,30)31)32-8-15(14)20-19(25(39)36-12-3-4-13(36)6-5-12)35-24(41-20)23(38)33-16-9-40-10-17(16)37/h7-8,11-13,16-17,21-22,37H,1-6,9-10H2,(H,32,34)(H,33,38)/t12?,13?,16-,17-,21+/m1/s1. The van der Waals surface area contributed by atoms with Crippen molar-refractivity contribution in [2.75, 3.05) is 18.5 Å². The lowest BCUT2D eigenvalue weighted by atomic mass is 10.0. The van der Waals surface area contributed by atoms with Gasteiger partial charge in [-0.15, -0.1) is 11.3 Å². The van der Waals surface area contributed by atoms with Crippen molar-refractivity contribution in [1.29, 1.82) is 0 Å². The molecular weight excluding hydrogens is 573 g/mol. The highest BCUT2D eigenvalue weighted by atomic mass is 32.1. The lowest BCUT2D eigenvalue weighted by Crippen LogP contribution is -2.42. The predicted molar refractivity (Wildman–Crippen MR) is 137 cm³/mol. The molecule has 0 aromatic carbocycles. The van der Waals surface area contributed by atoms with Crippen LogP contribution in [0.2, 0.25) is 0 Å². The molecule has 1 saturated carbocycles. The van der Waals surface area contributed by atoms with Crippen LogP contribution in [0.15, 0.2) is 12.3 Å². The Bertz CT molecular complexity index is 1320. The molecule has 9 nitrogen and oxygen atoms in total. The van der Waals surface area contributed by atoms with Gasteiger partial charge in [0.05, 0.1) is 30.2 Å². The Morgan fingerprint density at radius 2 is 1.78 bits per heavy atom. The van der Waals surface area contributed by atoms with Gasteiger partial charge >= 0.3 is 6.18 Å². The normalized spacial score (nSPS) is 26.6. The Kier molecular flexibility index (Phi) is 7.39. The average Bonchev–Trinajstić information content (AvgIpc) is 3.24. The first-order valence-corrected chi connectivity index (χ1v) is 14.3. The molecule has 3 atom stereocenters. The maximum atomic E-state index is 14.4. The molecule has 5 heterocycles. The van der Waals surface area contributed by atoms with Crippen molar-refractivity contribution in [2.45, 2.75) is 81.4 Å². The van der Waals surface area contributed by atoms with Crippen LogP contribution in [0.25, 0.3) is 10.4 Å². The Hall–Kier alpha value is -2.91. The minimum atomic E-state index is -4.58. The van der Waals surface area contributed by atoms with E-state index in [0.717, 1.165) is 49.3 Å². The lowest BCUT2D eigenvalue weighted by molar-refractivity contribution is -0.146. The number of thiazole rings is 1. The van der Waals surface area contributed by atoms with E-state index in [0.29, 0.717) is 12.8 Å². The number of nitrogens with zero attached hydrogens (tertiary/aromatic N) is 3. The van der Waals surface area contributed by atoms with Gasteiger partial charge in [-0.2, -0.15) is 13.2 Å². The molecule has 2 aromatic rings. The number of pyridine rings is 1. The zero-order valence-electron chi connectivity index (χ0n) is 21.7. The molecule has 0 unspecified atom stereocenters. The average molecular weight is 602 g/mol. The Morgan fingerprint density at radius 3 is 2.34 bits per heavy atom. The van der Waals surface area contributed by atoms with Gasteiger partial charge in [0, 0.05) is 29.4 Å². The van der Waals surface area contributed by atoms with E-state index in [2.05, 4.69) is 20.6 Å². The van der Waals surface area contributed by atoms with Gasteiger partial charge in [-0.25, -0.2) is 18.7 Å². The van der Waals surface area contributed by atoms with Crippen molar-refractivity contribution in [3.05, 3.63) is 28.5 Å². The van der Waals surface area contributed by atoms with Crippen LogP contribution in [0.5, 0.6) is 0 Å². The highest BCUT2D eigenvalue weighted by molar-refractivity contribution is 7.17.